The number of nitrogens with one attached hydrogen (secondary N) is 3. The molecule has 0 aliphatic carbocycles. The number of aryl methyl sites for hydroxylation is 2. The van der Waals surface area contributed by atoms with Crippen molar-refractivity contribution in [2.75, 3.05) is 10.9 Å². The summed E-state index contributed by atoms with van der Waals surface area (Å²) >= 11 is 1.50. The van der Waals surface area contributed by atoms with Gasteiger partial charge in [-0.2, -0.15) is 0 Å². The fraction of sp³-hybridized carbons (Fsp3) is 0.143. The molecule has 0 fully saturated rings. The second-order valence-corrected chi connectivity index (χ2v) is 8.10. The number of ether oxygens (including phenoxy) is 1. The number of rotatable bonds is 5. The fourth-order valence-corrected chi connectivity index (χ4v) is 4.14. The zero-order valence-corrected chi connectivity index (χ0v) is 17.5. The van der Waals surface area contributed by atoms with Crippen molar-refractivity contribution in [2.45, 2.75) is 20.5 Å². The molecule has 156 valence electrons. The van der Waals surface area contributed by atoms with Crippen LogP contribution in [0.25, 0.3) is 21.8 Å². The molecule has 1 aliphatic rings. The molecule has 0 radical (unpaired) electrons. The van der Waals surface area contributed by atoms with Crippen molar-refractivity contribution in [2.24, 2.45) is 0 Å². The molecule has 10 heteroatoms. The van der Waals surface area contributed by atoms with Crippen LogP contribution in [0.5, 0.6) is 6.01 Å². The predicted molar refractivity (Wildman–Crippen MR) is 117 cm³/mol. The Kier molecular flexibility index (Phi) is 4.92. The average molecular weight is 435 g/mol. The lowest BCUT2D eigenvalue weighted by atomic mass is 10.1. The van der Waals surface area contributed by atoms with Gasteiger partial charge in [-0.15, -0.1) is 16.9 Å². The standard InChI is InChI=1S/C21H18FN7OS/c1-11-8-23-21(24-9-11)30-10-18-25-12(2)20(31-18)16-5-3-4-15(26-16)13-6-14(22)19-17(7-13)27-29-28-19/h3-9,27-29H,10H2,1-2H3. The largest absolute Gasteiger partial charge is 0.456 e. The molecule has 0 saturated heterocycles. The Bertz CT molecular complexity index is 1260. The zero-order chi connectivity index (χ0) is 21.4. The number of aromatic nitrogens is 4. The molecule has 8 nitrogen and oxygen atoms in total. The number of hydrogen-bond acceptors (Lipinski definition) is 9. The third-order valence-electron chi connectivity index (χ3n) is 4.68. The minimum absolute atomic E-state index is 0.274. The molecule has 4 aromatic rings. The van der Waals surface area contributed by atoms with Gasteiger partial charge in [-0.25, -0.2) is 24.3 Å². The van der Waals surface area contributed by atoms with Crippen molar-refractivity contribution in [1.29, 1.82) is 0 Å². The molecule has 4 heterocycles. The van der Waals surface area contributed by atoms with E-state index in [2.05, 4.69) is 31.3 Å². The van der Waals surface area contributed by atoms with Gasteiger partial charge in [-0.1, -0.05) is 6.07 Å². The SMILES string of the molecule is Cc1cnc(OCc2nc(C)c(-c3cccc(-c4cc(F)c5c(c4)NNN5)n3)s2)nc1. The lowest BCUT2D eigenvalue weighted by Crippen LogP contribution is -2.19. The summed E-state index contributed by atoms with van der Waals surface area (Å²) in [5, 5.41) is 0.800. The van der Waals surface area contributed by atoms with Crippen LogP contribution in [0.4, 0.5) is 15.8 Å². The molecule has 1 aromatic carbocycles. The average Bonchev–Trinajstić information content (AvgIpc) is 3.40. The number of halogens is 1. The Balaban J connectivity index is 1.40. The molecule has 1 aliphatic heterocycles. The molecule has 3 N–H and O–H groups in total. The fourth-order valence-electron chi connectivity index (χ4n) is 3.20. The quantitative estimate of drug-likeness (QED) is 0.428. The highest BCUT2D eigenvalue weighted by Crippen LogP contribution is 2.35. The minimum Gasteiger partial charge on any atom is -0.456 e. The van der Waals surface area contributed by atoms with Gasteiger partial charge in [0.25, 0.3) is 0 Å². The maximum Gasteiger partial charge on any atom is 0.316 e. The van der Waals surface area contributed by atoms with Crippen LogP contribution in [0.15, 0.2) is 42.7 Å². The van der Waals surface area contributed by atoms with Crippen LogP contribution in [0.3, 0.4) is 0 Å². The van der Waals surface area contributed by atoms with Crippen LogP contribution in [0, 0.1) is 19.7 Å². The highest BCUT2D eigenvalue weighted by molar-refractivity contribution is 7.15. The van der Waals surface area contributed by atoms with Crippen molar-refractivity contribution in [3.63, 3.8) is 0 Å². The molecule has 0 atom stereocenters. The molecular formula is C21H18FN7OS. The highest BCUT2D eigenvalue weighted by atomic mass is 32.1. The number of benzene rings is 1. The van der Waals surface area contributed by atoms with E-state index in [0.717, 1.165) is 26.8 Å². The Hall–Kier alpha value is -3.63. The first-order chi connectivity index (χ1) is 15.1. The van der Waals surface area contributed by atoms with Crippen molar-refractivity contribution in [1.82, 2.24) is 25.5 Å². The first kappa shape index (κ1) is 19.3. The Morgan fingerprint density at radius 1 is 1.03 bits per heavy atom. The smallest absolute Gasteiger partial charge is 0.316 e. The maximum absolute atomic E-state index is 14.4. The summed E-state index contributed by atoms with van der Waals surface area (Å²) in [4.78, 5) is 18.6. The number of fused-ring (bicyclic) bond motifs is 1. The van der Waals surface area contributed by atoms with Crippen LogP contribution in [0.1, 0.15) is 16.3 Å². The molecule has 5 rings (SSSR count). The van der Waals surface area contributed by atoms with Gasteiger partial charge < -0.3 is 10.2 Å². The van der Waals surface area contributed by atoms with E-state index in [1.165, 1.54) is 17.4 Å². The lowest BCUT2D eigenvalue weighted by Gasteiger charge is -2.07. The Morgan fingerprint density at radius 2 is 1.84 bits per heavy atom. The number of anilines is 2. The van der Waals surface area contributed by atoms with Crippen molar-refractivity contribution >= 4 is 22.7 Å². The first-order valence-corrected chi connectivity index (χ1v) is 10.3. The number of thiazole rings is 1. The van der Waals surface area contributed by atoms with Gasteiger partial charge in [-0.3, -0.25) is 5.43 Å². The van der Waals surface area contributed by atoms with Gasteiger partial charge in [0.2, 0.25) is 0 Å². The predicted octanol–water partition coefficient (Wildman–Crippen LogP) is 4.25. The number of hydrogen-bond donors (Lipinski definition) is 3. The Labute approximate surface area is 181 Å². The van der Waals surface area contributed by atoms with E-state index < -0.39 is 0 Å². The highest BCUT2D eigenvalue weighted by Gasteiger charge is 2.18. The van der Waals surface area contributed by atoms with Crippen LogP contribution in [-0.4, -0.2) is 19.9 Å². The second kappa shape index (κ2) is 7.89. The van der Waals surface area contributed by atoms with Gasteiger partial charge in [-0.05, 0) is 43.7 Å². The molecule has 0 spiro atoms. The van der Waals surface area contributed by atoms with E-state index in [4.69, 9.17) is 9.72 Å². The van der Waals surface area contributed by atoms with Crippen LogP contribution < -0.4 is 21.1 Å². The van der Waals surface area contributed by atoms with Crippen LogP contribution in [-0.2, 0) is 6.61 Å². The molecule has 0 unspecified atom stereocenters. The summed E-state index contributed by atoms with van der Waals surface area (Å²) in [6, 6.07) is 9.31. The van der Waals surface area contributed by atoms with Crippen molar-refractivity contribution in [3.05, 3.63) is 64.8 Å². The van der Waals surface area contributed by atoms with Gasteiger partial charge in [0, 0.05) is 18.0 Å². The third-order valence-corrected chi connectivity index (χ3v) is 5.83. The van der Waals surface area contributed by atoms with Crippen LogP contribution >= 0.6 is 11.3 Å². The molecule has 0 amide bonds. The minimum atomic E-state index is -0.357. The van der Waals surface area contributed by atoms with E-state index in [1.807, 2.05) is 38.1 Å². The summed E-state index contributed by atoms with van der Waals surface area (Å²) in [5.74, 6) is -0.357. The van der Waals surface area contributed by atoms with E-state index in [9.17, 15) is 4.39 Å². The molecular weight excluding hydrogens is 417 g/mol. The summed E-state index contributed by atoms with van der Waals surface area (Å²) in [5.41, 5.74) is 13.3. The van der Waals surface area contributed by atoms with Gasteiger partial charge in [0.15, 0.2) is 5.82 Å². The first-order valence-electron chi connectivity index (χ1n) is 9.53. The molecule has 0 saturated carbocycles. The third kappa shape index (κ3) is 3.90. The number of hydrazine groups is 2. The normalized spacial score (nSPS) is 12.2. The van der Waals surface area contributed by atoms with Gasteiger partial charge in [0.05, 0.1) is 27.6 Å². The summed E-state index contributed by atoms with van der Waals surface area (Å²) in [7, 11) is 0. The van der Waals surface area contributed by atoms with Crippen LogP contribution in [0.2, 0.25) is 0 Å². The maximum atomic E-state index is 14.4. The monoisotopic (exact) mass is 435 g/mol. The van der Waals surface area contributed by atoms with Gasteiger partial charge in [0.1, 0.15) is 17.3 Å². The van der Waals surface area contributed by atoms with E-state index >= 15 is 0 Å². The summed E-state index contributed by atoms with van der Waals surface area (Å²) in [6.45, 7) is 4.13. The van der Waals surface area contributed by atoms with Crippen molar-refractivity contribution < 1.29 is 9.13 Å². The van der Waals surface area contributed by atoms with E-state index in [-0.39, 0.29) is 12.4 Å². The topological polar surface area (TPSA) is 96.9 Å². The lowest BCUT2D eigenvalue weighted by molar-refractivity contribution is 0.280. The van der Waals surface area contributed by atoms with Gasteiger partial charge >= 0.3 is 6.01 Å². The number of pyridine rings is 1. The molecule has 0 bridgehead atoms. The molecule has 31 heavy (non-hydrogen) atoms. The van der Waals surface area contributed by atoms with E-state index in [0.29, 0.717) is 28.6 Å². The van der Waals surface area contributed by atoms with Crippen molar-refractivity contribution in [3.8, 4) is 27.8 Å². The Morgan fingerprint density at radius 3 is 2.68 bits per heavy atom. The second-order valence-electron chi connectivity index (χ2n) is 7.02. The zero-order valence-electron chi connectivity index (χ0n) is 16.7. The molecule has 3 aromatic heterocycles. The van der Waals surface area contributed by atoms with E-state index in [1.54, 1.807) is 12.4 Å². The summed E-state index contributed by atoms with van der Waals surface area (Å²) < 4.78 is 20.0. The summed E-state index contributed by atoms with van der Waals surface area (Å²) in [6.07, 6.45) is 3.42. The number of nitrogens with zero attached hydrogens (tertiary/aromatic N) is 4.